The number of carbonyl (C=O) groups excluding carboxylic acids is 2. The van der Waals surface area contributed by atoms with Gasteiger partial charge in [0.25, 0.3) is 0 Å². The van der Waals surface area contributed by atoms with Crippen molar-refractivity contribution in [1.82, 2.24) is 14.9 Å². The first-order valence-corrected chi connectivity index (χ1v) is 8.48. The largest absolute Gasteiger partial charge is 0.497 e. The van der Waals surface area contributed by atoms with Gasteiger partial charge in [-0.05, 0) is 19.1 Å². The van der Waals surface area contributed by atoms with Crippen molar-refractivity contribution in [3.05, 3.63) is 30.5 Å². The second-order valence-corrected chi connectivity index (χ2v) is 5.46. The number of esters is 1. The van der Waals surface area contributed by atoms with E-state index < -0.39 is 12.0 Å². The molecule has 1 heterocycles. The molecule has 0 bridgehead atoms. The summed E-state index contributed by atoms with van der Waals surface area (Å²) in [5, 5.41) is 5.08. The van der Waals surface area contributed by atoms with Crippen molar-refractivity contribution >= 4 is 17.9 Å². The first-order chi connectivity index (χ1) is 13.1. The topological polar surface area (TPSA) is 104 Å². The van der Waals surface area contributed by atoms with E-state index in [2.05, 4.69) is 15.6 Å². The van der Waals surface area contributed by atoms with Gasteiger partial charge in [-0.15, -0.1) is 0 Å². The number of hydrogen-bond donors (Lipinski definition) is 2. The predicted molar refractivity (Wildman–Crippen MR) is 99.7 cm³/mol. The molecule has 0 spiro atoms. The second kappa shape index (κ2) is 10.2. The highest BCUT2D eigenvalue weighted by atomic mass is 16.5. The highest BCUT2D eigenvalue weighted by Crippen LogP contribution is 2.26. The fourth-order valence-corrected chi connectivity index (χ4v) is 2.41. The minimum Gasteiger partial charge on any atom is -0.497 e. The molecule has 0 aliphatic heterocycles. The molecule has 0 atom stereocenters. The van der Waals surface area contributed by atoms with E-state index >= 15 is 0 Å². The molecule has 146 valence electrons. The van der Waals surface area contributed by atoms with Crippen LogP contribution in [0.4, 0.5) is 10.7 Å². The zero-order chi connectivity index (χ0) is 19.6. The lowest BCUT2D eigenvalue weighted by Gasteiger charge is -2.13. The number of nitrogens with one attached hydrogen (secondary N) is 2. The predicted octanol–water partition coefficient (Wildman–Crippen LogP) is 1.89. The second-order valence-electron chi connectivity index (χ2n) is 5.46. The summed E-state index contributed by atoms with van der Waals surface area (Å²) in [6.45, 7) is 2.66. The molecular formula is C18H24N4O5. The standard InChI is InChI=1S/C18H24N4O5/c1-4-27-16(23)12-20-18(24)21-17-19-11-15(22(17)8-9-25-2)13-6-5-7-14(10-13)26-3/h5-7,10-11H,4,8-9,12H2,1-3H3,(H2,19,20,21,24). The zero-order valence-corrected chi connectivity index (χ0v) is 15.7. The smallest absolute Gasteiger partial charge is 0.325 e. The molecule has 9 heteroatoms. The Morgan fingerprint density at radius 2 is 2.07 bits per heavy atom. The van der Waals surface area contributed by atoms with E-state index in [1.165, 1.54) is 0 Å². The highest BCUT2D eigenvalue weighted by molar-refractivity contribution is 5.90. The Labute approximate surface area is 157 Å². The summed E-state index contributed by atoms with van der Waals surface area (Å²) in [5.74, 6) is 0.548. The van der Waals surface area contributed by atoms with E-state index in [1.54, 1.807) is 27.3 Å². The molecule has 1 aromatic heterocycles. The normalized spacial score (nSPS) is 10.3. The molecule has 0 saturated heterocycles. The highest BCUT2D eigenvalue weighted by Gasteiger charge is 2.15. The quantitative estimate of drug-likeness (QED) is 0.648. The van der Waals surface area contributed by atoms with Crippen LogP contribution in [0.2, 0.25) is 0 Å². The molecule has 2 rings (SSSR count). The molecule has 0 unspecified atom stereocenters. The lowest BCUT2D eigenvalue weighted by molar-refractivity contribution is -0.141. The summed E-state index contributed by atoms with van der Waals surface area (Å²) >= 11 is 0. The monoisotopic (exact) mass is 376 g/mol. The molecule has 2 aromatic rings. The third-order valence-electron chi connectivity index (χ3n) is 3.66. The fraction of sp³-hybridized carbons (Fsp3) is 0.389. The molecule has 0 aliphatic rings. The average Bonchev–Trinajstić information content (AvgIpc) is 3.07. The number of hydrogen-bond acceptors (Lipinski definition) is 6. The van der Waals surface area contributed by atoms with Gasteiger partial charge in [-0.2, -0.15) is 0 Å². The van der Waals surface area contributed by atoms with E-state index in [4.69, 9.17) is 14.2 Å². The maximum atomic E-state index is 12.1. The summed E-state index contributed by atoms with van der Waals surface area (Å²) in [7, 11) is 3.20. The van der Waals surface area contributed by atoms with Gasteiger partial charge in [0.05, 0.1) is 32.2 Å². The molecule has 2 N–H and O–H groups in total. The van der Waals surface area contributed by atoms with Crippen LogP contribution in [-0.4, -0.2) is 55.5 Å². The van der Waals surface area contributed by atoms with Gasteiger partial charge in [0.1, 0.15) is 12.3 Å². The van der Waals surface area contributed by atoms with Gasteiger partial charge >= 0.3 is 12.0 Å². The van der Waals surface area contributed by atoms with Crippen LogP contribution in [0.15, 0.2) is 30.5 Å². The minimum atomic E-state index is -0.551. The number of methoxy groups -OCH3 is 2. The molecule has 2 amide bonds. The molecule has 0 fully saturated rings. The van der Waals surface area contributed by atoms with Crippen molar-refractivity contribution in [2.75, 3.05) is 39.3 Å². The number of rotatable bonds is 9. The number of anilines is 1. The molecule has 9 nitrogen and oxygen atoms in total. The third kappa shape index (κ3) is 5.71. The van der Waals surface area contributed by atoms with Crippen molar-refractivity contribution in [3.63, 3.8) is 0 Å². The Balaban J connectivity index is 2.17. The van der Waals surface area contributed by atoms with Crippen LogP contribution in [0, 0.1) is 0 Å². The minimum absolute atomic E-state index is 0.221. The van der Waals surface area contributed by atoms with E-state index in [1.807, 2.05) is 28.8 Å². The van der Waals surface area contributed by atoms with Gasteiger partial charge in [-0.1, -0.05) is 12.1 Å². The van der Waals surface area contributed by atoms with Crippen LogP contribution in [0.1, 0.15) is 6.92 Å². The van der Waals surface area contributed by atoms with Gasteiger partial charge in [-0.3, -0.25) is 10.1 Å². The van der Waals surface area contributed by atoms with E-state index in [9.17, 15) is 9.59 Å². The Morgan fingerprint density at radius 1 is 1.26 bits per heavy atom. The maximum Gasteiger partial charge on any atom is 0.325 e. The molecule has 1 aromatic carbocycles. The van der Waals surface area contributed by atoms with Crippen molar-refractivity contribution < 1.29 is 23.8 Å². The van der Waals surface area contributed by atoms with E-state index in [0.29, 0.717) is 24.8 Å². The van der Waals surface area contributed by atoms with Gasteiger partial charge in [0.15, 0.2) is 0 Å². The van der Waals surface area contributed by atoms with Crippen molar-refractivity contribution in [2.45, 2.75) is 13.5 Å². The molecule has 0 aliphatic carbocycles. The molecule has 0 radical (unpaired) electrons. The summed E-state index contributed by atoms with van der Waals surface area (Å²) in [4.78, 5) is 27.7. The first kappa shape index (κ1) is 20.2. The third-order valence-corrected chi connectivity index (χ3v) is 3.66. The van der Waals surface area contributed by atoms with Crippen LogP contribution >= 0.6 is 0 Å². The zero-order valence-electron chi connectivity index (χ0n) is 15.7. The summed E-state index contributed by atoms with van der Waals surface area (Å²) in [5.41, 5.74) is 1.68. The Hall–Kier alpha value is -3.07. The molecule has 0 saturated carbocycles. The van der Waals surface area contributed by atoms with Gasteiger partial charge < -0.3 is 24.1 Å². The molecule has 27 heavy (non-hydrogen) atoms. The molecular weight excluding hydrogens is 352 g/mol. The average molecular weight is 376 g/mol. The van der Waals surface area contributed by atoms with Crippen LogP contribution in [0.3, 0.4) is 0 Å². The summed E-state index contributed by atoms with van der Waals surface area (Å²) in [6, 6.07) is 6.98. The fourth-order valence-electron chi connectivity index (χ4n) is 2.41. The van der Waals surface area contributed by atoms with E-state index in [-0.39, 0.29) is 13.2 Å². The van der Waals surface area contributed by atoms with Crippen LogP contribution < -0.4 is 15.4 Å². The number of nitrogens with zero attached hydrogens (tertiary/aromatic N) is 2. The van der Waals surface area contributed by atoms with Crippen LogP contribution in [-0.2, 0) is 20.8 Å². The van der Waals surface area contributed by atoms with Gasteiger partial charge in [0.2, 0.25) is 5.95 Å². The summed E-state index contributed by atoms with van der Waals surface area (Å²) in [6.07, 6.45) is 1.66. The maximum absolute atomic E-state index is 12.1. The summed E-state index contributed by atoms with van der Waals surface area (Å²) < 4.78 is 17.0. The van der Waals surface area contributed by atoms with Gasteiger partial charge in [0, 0.05) is 19.2 Å². The SMILES string of the molecule is CCOC(=O)CNC(=O)Nc1ncc(-c2cccc(OC)c2)n1CCOC. The van der Waals surface area contributed by atoms with Crippen molar-refractivity contribution in [2.24, 2.45) is 0 Å². The number of ether oxygens (including phenoxy) is 3. The number of carbonyl (C=O) groups is 2. The Bertz CT molecular complexity index is 775. The van der Waals surface area contributed by atoms with Crippen molar-refractivity contribution in [3.8, 4) is 17.0 Å². The number of benzene rings is 1. The Kier molecular flexibility index (Phi) is 7.63. The van der Waals surface area contributed by atoms with Crippen molar-refractivity contribution in [1.29, 1.82) is 0 Å². The van der Waals surface area contributed by atoms with Gasteiger partial charge in [-0.25, -0.2) is 9.78 Å². The number of amides is 2. The number of imidazole rings is 1. The van der Waals surface area contributed by atoms with E-state index in [0.717, 1.165) is 11.3 Å². The van der Waals surface area contributed by atoms with Crippen LogP contribution in [0.25, 0.3) is 11.3 Å². The number of aromatic nitrogens is 2. The first-order valence-electron chi connectivity index (χ1n) is 8.48. The lowest BCUT2D eigenvalue weighted by atomic mass is 10.1. The van der Waals surface area contributed by atoms with Crippen LogP contribution in [0.5, 0.6) is 5.75 Å². The Morgan fingerprint density at radius 3 is 2.78 bits per heavy atom. The number of urea groups is 1. The lowest BCUT2D eigenvalue weighted by Crippen LogP contribution is -2.35.